The molecule has 7 rings (SSSR count). The van der Waals surface area contributed by atoms with Crippen LogP contribution in [0.5, 0.6) is 0 Å². The summed E-state index contributed by atoms with van der Waals surface area (Å²) in [7, 11) is 0. The zero-order valence-corrected chi connectivity index (χ0v) is 24.2. The monoisotopic (exact) mass is 591 g/mol. The summed E-state index contributed by atoms with van der Waals surface area (Å²) in [5.74, 6) is 0. The van der Waals surface area contributed by atoms with Gasteiger partial charge >= 0.3 is 0 Å². The molecule has 0 atom stereocenters. The molecule has 0 N–H and O–H groups in total. The Morgan fingerprint density at radius 3 is 1.73 bits per heavy atom. The molecule has 40 heavy (non-hydrogen) atoms. The van der Waals surface area contributed by atoms with Gasteiger partial charge in [0.1, 0.15) is 22.1 Å². The average molecular weight is 592 g/mol. The lowest BCUT2D eigenvalue weighted by Gasteiger charge is -2.02. The molecule has 0 radical (unpaired) electrons. The van der Waals surface area contributed by atoms with Gasteiger partial charge in [-0.25, -0.2) is 0 Å². The van der Waals surface area contributed by atoms with Gasteiger partial charge in [0.25, 0.3) is 0 Å². The summed E-state index contributed by atoms with van der Waals surface area (Å²) in [6, 6.07) is 20.6. The van der Waals surface area contributed by atoms with E-state index in [9.17, 15) is 10.5 Å². The maximum absolute atomic E-state index is 10.0. The van der Waals surface area contributed by atoms with Crippen LogP contribution in [-0.2, 0) is 6.54 Å². The number of hydrogen-bond acceptors (Lipinski definition) is 10. The molecule has 0 aliphatic carbocycles. The molecule has 7 aromatic rings. The Labute approximate surface area is 244 Å². The van der Waals surface area contributed by atoms with Crippen LogP contribution in [0.1, 0.15) is 34.2 Å². The van der Waals surface area contributed by atoms with Crippen molar-refractivity contribution in [1.82, 2.24) is 22.1 Å². The topological polar surface area (TPSA) is 104 Å². The predicted octanol–water partition coefficient (Wildman–Crippen LogP) is 8.47. The van der Waals surface area contributed by atoms with Crippen molar-refractivity contribution in [1.29, 1.82) is 10.5 Å². The molecule has 7 nitrogen and oxygen atoms in total. The normalized spacial score (nSPS) is 12.6. The Bertz CT molecular complexity index is 2070. The van der Waals surface area contributed by atoms with Crippen molar-refractivity contribution >= 4 is 112 Å². The lowest BCUT2D eigenvalue weighted by atomic mass is 10.0. The predicted molar refractivity (Wildman–Crippen MR) is 167 cm³/mol. The van der Waals surface area contributed by atoms with Gasteiger partial charge in [-0.2, -0.15) is 28.0 Å². The van der Waals surface area contributed by atoms with E-state index in [0.717, 1.165) is 79.4 Å². The van der Waals surface area contributed by atoms with Gasteiger partial charge in [0.05, 0.1) is 67.2 Å². The second kappa shape index (κ2) is 10.0. The molecule has 0 fully saturated rings. The van der Waals surface area contributed by atoms with E-state index < -0.39 is 0 Å². The third kappa shape index (κ3) is 4.03. The second-order valence-corrected chi connectivity index (χ2v) is 12.3. The zero-order chi connectivity index (χ0) is 27.2. The number of aromatic nitrogens is 5. The molecule has 192 valence electrons. The molecule has 2 aromatic carbocycles. The first kappa shape index (κ1) is 24.8. The van der Waals surface area contributed by atoms with Crippen LogP contribution in [0.15, 0.2) is 48.5 Å². The molecule has 0 spiro atoms. The largest absolute Gasteiger partial charge is 0.339 e. The number of hydrogen-bond donors (Lipinski definition) is 0. The summed E-state index contributed by atoms with van der Waals surface area (Å²) < 4.78 is 22.2. The molecule has 0 aliphatic rings. The molecule has 0 aliphatic heterocycles. The average Bonchev–Trinajstić information content (AvgIpc) is 3.79. The SMILES string of the molecule is CCCn1c2cc(/C=C(\C#N)c3cccc4nsnc34)sc2c2sc(/C=C(\C#N)c3cccc4nsnc34)cc21. The highest BCUT2D eigenvalue weighted by Crippen LogP contribution is 2.42. The van der Waals surface area contributed by atoms with Gasteiger partial charge in [0, 0.05) is 27.4 Å². The van der Waals surface area contributed by atoms with Crippen LogP contribution in [-0.4, -0.2) is 22.1 Å². The van der Waals surface area contributed by atoms with Gasteiger partial charge in [-0.1, -0.05) is 31.2 Å². The van der Waals surface area contributed by atoms with E-state index in [0.29, 0.717) is 11.1 Å². The van der Waals surface area contributed by atoms with Gasteiger partial charge in [0.2, 0.25) is 0 Å². The molecule has 0 amide bonds. The molecule has 0 saturated heterocycles. The summed E-state index contributed by atoms with van der Waals surface area (Å²) in [4.78, 5) is 2.03. The van der Waals surface area contributed by atoms with E-state index in [1.165, 1.54) is 20.4 Å². The maximum atomic E-state index is 10.0. The van der Waals surface area contributed by atoms with Gasteiger partial charge < -0.3 is 4.57 Å². The Morgan fingerprint density at radius 2 is 1.27 bits per heavy atom. The smallest absolute Gasteiger partial charge is 0.113 e. The lowest BCUT2D eigenvalue weighted by molar-refractivity contribution is 0.724. The van der Waals surface area contributed by atoms with Crippen molar-refractivity contribution in [3.8, 4) is 12.1 Å². The molecular formula is C29H17N7S4. The minimum Gasteiger partial charge on any atom is -0.339 e. The Balaban J connectivity index is 1.35. The van der Waals surface area contributed by atoms with Gasteiger partial charge in [-0.05, 0) is 42.8 Å². The molecular weight excluding hydrogens is 575 g/mol. The number of nitriles is 2. The van der Waals surface area contributed by atoms with Gasteiger partial charge in [0.15, 0.2) is 0 Å². The van der Waals surface area contributed by atoms with Crippen LogP contribution in [0.4, 0.5) is 0 Å². The zero-order valence-electron chi connectivity index (χ0n) is 21.0. The van der Waals surface area contributed by atoms with E-state index in [4.69, 9.17) is 0 Å². The van der Waals surface area contributed by atoms with Crippen molar-refractivity contribution < 1.29 is 0 Å². The van der Waals surface area contributed by atoms with Crippen molar-refractivity contribution in [2.75, 3.05) is 0 Å². The number of rotatable bonds is 6. The summed E-state index contributed by atoms with van der Waals surface area (Å²) in [6.45, 7) is 3.05. The van der Waals surface area contributed by atoms with E-state index in [2.05, 4.69) is 53.3 Å². The van der Waals surface area contributed by atoms with Crippen LogP contribution < -0.4 is 0 Å². The number of allylic oxidation sites excluding steroid dienone is 2. The van der Waals surface area contributed by atoms with E-state index in [1.54, 1.807) is 22.7 Å². The highest BCUT2D eigenvalue weighted by molar-refractivity contribution is 7.28. The van der Waals surface area contributed by atoms with Gasteiger partial charge in [-0.15, -0.1) is 22.7 Å². The minimum absolute atomic E-state index is 0.569. The highest BCUT2D eigenvalue weighted by Gasteiger charge is 2.18. The molecule has 5 heterocycles. The third-order valence-electron chi connectivity index (χ3n) is 6.66. The molecule has 0 saturated carbocycles. The van der Waals surface area contributed by atoms with E-state index in [-0.39, 0.29) is 0 Å². The fourth-order valence-electron chi connectivity index (χ4n) is 4.93. The Hall–Kier alpha value is -4.26. The fourth-order valence-corrected chi connectivity index (χ4v) is 8.39. The number of fused-ring (bicyclic) bond motifs is 5. The molecule has 0 unspecified atom stereocenters. The van der Waals surface area contributed by atoms with Crippen LogP contribution in [0.25, 0.3) is 65.8 Å². The second-order valence-electron chi connectivity index (χ2n) is 9.09. The maximum Gasteiger partial charge on any atom is 0.113 e. The summed E-state index contributed by atoms with van der Waals surface area (Å²) >= 11 is 5.68. The third-order valence-corrected chi connectivity index (χ3v) is 10.1. The summed E-state index contributed by atoms with van der Waals surface area (Å²) in [5.41, 5.74) is 8.18. The lowest BCUT2D eigenvalue weighted by Crippen LogP contribution is -1.94. The Kier molecular flexibility index (Phi) is 6.22. The summed E-state index contributed by atoms with van der Waals surface area (Å²) in [5, 5.41) is 20.1. The van der Waals surface area contributed by atoms with E-state index in [1.807, 2.05) is 48.6 Å². The van der Waals surface area contributed by atoms with Crippen molar-refractivity contribution in [2.45, 2.75) is 19.9 Å². The minimum atomic E-state index is 0.569. The van der Waals surface area contributed by atoms with Crippen LogP contribution in [0.2, 0.25) is 0 Å². The number of nitrogens with zero attached hydrogens (tertiary/aromatic N) is 7. The molecule has 11 heteroatoms. The number of thiophene rings is 2. The van der Waals surface area contributed by atoms with Crippen LogP contribution >= 0.6 is 46.1 Å². The summed E-state index contributed by atoms with van der Waals surface area (Å²) in [6.07, 6.45) is 4.89. The fraction of sp³-hybridized carbons (Fsp3) is 0.103. The van der Waals surface area contributed by atoms with Gasteiger partial charge in [-0.3, -0.25) is 0 Å². The van der Waals surface area contributed by atoms with Crippen LogP contribution in [0.3, 0.4) is 0 Å². The van der Waals surface area contributed by atoms with Crippen molar-refractivity contribution in [3.63, 3.8) is 0 Å². The quantitative estimate of drug-likeness (QED) is 0.180. The number of aryl methyl sites for hydroxylation is 1. The molecule has 0 bridgehead atoms. The van der Waals surface area contributed by atoms with E-state index >= 15 is 0 Å². The van der Waals surface area contributed by atoms with Crippen molar-refractivity contribution in [3.05, 3.63) is 69.4 Å². The first-order chi connectivity index (χ1) is 19.7. The highest BCUT2D eigenvalue weighted by atomic mass is 32.1. The Morgan fingerprint density at radius 1 is 0.775 bits per heavy atom. The standard InChI is InChI=1S/C29H17N7S4/c1-2-9-36-24-12-18(10-16(14-30)20-5-3-7-22-26(20)34-39-32-22)37-28(24)29-25(36)13-19(38-29)11-17(15-31)21-6-4-8-23-27(21)35-40-33-23/h3-8,10-13H,2,9H2,1H3/b16-10+,17-11+. The molecule has 5 aromatic heterocycles. The van der Waals surface area contributed by atoms with Crippen molar-refractivity contribution in [2.24, 2.45) is 0 Å². The first-order valence-electron chi connectivity index (χ1n) is 12.4. The van der Waals surface area contributed by atoms with Crippen LogP contribution in [0, 0.1) is 22.7 Å². The first-order valence-corrected chi connectivity index (χ1v) is 15.5. The number of benzene rings is 2.